The summed E-state index contributed by atoms with van der Waals surface area (Å²) in [6, 6.07) is 0. The van der Waals surface area contributed by atoms with Gasteiger partial charge in [0.15, 0.2) is 5.79 Å². The van der Waals surface area contributed by atoms with E-state index in [1.807, 2.05) is 20.8 Å². The van der Waals surface area contributed by atoms with Gasteiger partial charge in [0, 0.05) is 5.03 Å². The lowest BCUT2D eigenvalue weighted by Crippen LogP contribution is -2.41. The summed E-state index contributed by atoms with van der Waals surface area (Å²) in [7, 11) is 0. The fraction of sp³-hybridized carbons (Fsp3) is 0.800. The van der Waals surface area contributed by atoms with Crippen LogP contribution >= 0.6 is 11.6 Å². The first kappa shape index (κ1) is 10.4. The van der Waals surface area contributed by atoms with Crippen LogP contribution in [0.5, 0.6) is 0 Å². The van der Waals surface area contributed by atoms with Crippen molar-refractivity contribution in [3.05, 3.63) is 11.1 Å². The first-order chi connectivity index (χ1) is 6.38. The van der Waals surface area contributed by atoms with E-state index in [9.17, 15) is 5.11 Å². The topological polar surface area (TPSA) is 38.7 Å². The number of hydrogen-bond acceptors (Lipinski definition) is 3. The molecule has 2 aliphatic rings. The average molecular weight is 219 g/mol. The number of fused-ring (bicyclic) bond motifs is 1. The summed E-state index contributed by atoms with van der Waals surface area (Å²) in [5, 5.41) is 10.8. The quantitative estimate of drug-likeness (QED) is 0.729. The maximum Gasteiger partial charge on any atom is 0.164 e. The molecule has 0 spiro atoms. The highest BCUT2D eigenvalue weighted by Crippen LogP contribution is 2.45. The van der Waals surface area contributed by atoms with Crippen molar-refractivity contribution in [3.8, 4) is 0 Å². The van der Waals surface area contributed by atoms with Crippen LogP contribution < -0.4 is 0 Å². The summed E-state index contributed by atoms with van der Waals surface area (Å²) < 4.78 is 11.2. The molecular formula is C10H15ClO3. The lowest BCUT2D eigenvalue weighted by Gasteiger charge is -2.27. The molecule has 3 nitrogen and oxygen atoms in total. The van der Waals surface area contributed by atoms with Gasteiger partial charge in [-0.3, -0.25) is 0 Å². The smallest absolute Gasteiger partial charge is 0.164 e. The van der Waals surface area contributed by atoms with Crippen LogP contribution in [0.15, 0.2) is 11.1 Å². The summed E-state index contributed by atoms with van der Waals surface area (Å²) in [6.07, 6.45) is 1.54. The van der Waals surface area contributed by atoms with Crippen molar-refractivity contribution >= 4 is 11.6 Å². The van der Waals surface area contributed by atoms with Crippen molar-refractivity contribution in [1.29, 1.82) is 0 Å². The molecule has 1 aliphatic carbocycles. The van der Waals surface area contributed by atoms with Crippen molar-refractivity contribution in [3.63, 3.8) is 0 Å². The number of aliphatic hydroxyl groups is 1. The van der Waals surface area contributed by atoms with Crippen molar-refractivity contribution < 1.29 is 14.6 Å². The molecule has 0 aromatic heterocycles. The molecule has 0 aromatic carbocycles. The van der Waals surface area contributed by atoms with Gasteiger partial charge in [0.2, 0.25) is 0 Å². The van der Waals surface area contributed by atoms with Gasteiger partial charge in [-0.05, 0) is 26.3 Å². The Morgan fingerprint density at radius 3 is 2.71 bits per heavy atom. The summed E-state index contributed by atoms with van der Waals surface area (Å²) in [5.41, 5.74) is -0.977. The molecule has 1 fully saturated rings. The molecule has 0 radical (unpaired) electrons. The Hall–Kier alpha value is -0.0900. The normalized spacial score (nSPS) is 45.1. The molecule has 1 N–H and O–H groups in total. The van der Waals surface area contributed by atoms with Crippen molar-refractivity contribution in [2.45, 2.75) is 50.8 Å². The van der Waals surface area contributed by atoms with Crippen LogP contribution in [0.3, 0.4) is 0 Å². The van der Waals surface area contributed by atoms with Gasteiger partial charge >= 0.3 is 0 Å². The Kier molecular flexibility index (Phi) is 2.20. The van der Waals surface area contributed by atoms with Gasteiger partial charge in [-0.2, -0.15) is 0 Å². The molecule has 0 bridgehead atoms. The number of halogens is 1. The number of hydrogen-bond donors (Lipinski definition) is 1. The van der Waals surface area contributed by atoms with Crippen LogP contribution in [0.2, 0.25) is 0 Å². The van der Waals surface area contributed by atoms with E-state index in [-0.39, 0.29) is 12.2 Å². The Balaban J connectivity index is 2.30. The summed E-state index contributed by atoms with van der Waals surface area (Å²) in [5.74, 6) is -0.660. The molecule has 0 saturated carbocycles. The minimum absolute atomic E-state index is 0.309. The SMILES string of the molecule is CC[C@]1(O)C=C(Cl)[C@@H]2OC(C)(C)O[C@@H]21. The third kappa shape index (κ3) is 1.39. The molecule has 1 heterocycles. The molecule has 3 atom stereocenters. The van der Waals surface area contributed by atoms with Crippen LogP contribution in [-0.2, 0) is 9.47 Å². The number of rotatable bonds is 1. The van der Waals surface area contributed by atoms with E-state index in [1.54, 1.807) is 6.08 Å². The Morgan fingerprint density at radius 1 is 1.50 bits per heavy atom. The molecule has 80 valence electrons. The second kappa shape index (κ2) is 2.95. The molecule has 1 saturated heterocycles. The largest absolute Gasteiger partial charge is 0.383 e. The zero-order chi connectivity index (χ0) is 10.6. The molecule has 1 aliphatic heterocycles. The van der Waals surface area contributed by atoms with E-state index >= 15 is 0 Å². The average Bonchev–Trinajstić information content (AvgIpc) is 2.50. The van der Waals surface area contributed by atoms with E-state index in [4.69, 9.17) is 21.1 Å². The zero-order valence-corrected chi connectivity index (χ0v) is 9.34. The monoisotopic (exact) mass is 218 g/mol. The lowest BCUT2D eigenvalue weighted by molar-refractivity contribution is -0.164. The predicted molar refractivity (Wildman–Crippen MR) is 53.0 cm³/mol. The van der Waals surface area contributed by atoms with E-state index < -0.39 is 11.4 Å². The van der Waals surface area contributed by atoms with E-state index in [0.29, 0.717) is 11.5 Å². The third-order valence-corrected chi connectivity index (χ3v) is 3.14. The van der Waals surface area contributed by atoms with Crippen molar-refractivity contribution in [2.75, 3.05) is 0 Å². The standard InChI is InChI=1S/C10H15ClO3/c1-4-10(12)5-6(11)7-8(10)14-9(2,3)13-7/h5,7-8,12H,4H2,1-3H3/t7-,8-,10-/m0/s1. The van der Waals surface area contributed by atoms with Crippen LogP contribution in [0.1, 0.15) is 27.2 Å². The Bertz CT molecular complexity index is 287. The Morgan fingerprint density at radius 2 is 2.14 bits per heavy atom. The highest BCUT2D eigenvalue weighted by molar-refractivity contribution is 6.30. The van der Waals surface area contributed by atoms with Crippen LogP contribution in [0, 0.1) is 0 Å². The first-order valence-corrected chi connectivity index (χ1v) is 5.22. The fourth-order valence-electron chi connectivity index (χ4n) is 2.03. The van der Waals surface area contributed by atoms with Gasteiger partial charge in [-0.1, -0.05) is 18.5 Å². The second-order valence-corrected chi connectivity index (χ2v) is 4.79. The maximum atomic E-state index is 10.2. The molecule has 14 heavy (non-hydrogen) atoms. The second-order valence-electron chi connectivity index (χ2n) is 4.35. The molecule has 0 unspecified atom stereocenters. The van der Waals surface area contributed by atoms with Gasteiger partial charge in [0.1, 0.15) is 17.8 Å². The lowest BCUT2D eigenvalue weighted by atomic mass is 9.97. The summed E-state index contributed by atoms with van der Waals surface area (Å²) in [6.45, 7) is 5.55. The zero-order valence-electron chi connectivity index (χ0n) is 8.58. The molecule has 0 amide bonds. The van der Waals surface area contributed by atoms with Crippen molar-refractivity contribution in [2.24, 2.45) is 0 Å². The van der Waals surface area contributed by atoms with Crippen LogP contribution in [0.25, 0.3) is 0 Å². The minimum atomic E-state index is -0.977. The van der Waals surface area contributed by atoms with Gasteiger partial charge in [0.25, 0.3) is 0 Å². The van der Waals surface area contributed by atoms with Gasteiger partial charge in [-0.15, -0.1) is 0 Å². The van der Waals surface area contributed by atoms with Gasteiger partial charge < -0.3 is 14.6 Å². The molecule has 2 rings (SSSR count). The van der Waals surface area contributed by atoms with Gasteiger partial charge in [-0.25, -0.2) is 0 Å². The molecular weight excluding hydrogens is 204 g/mol. The fourth-order valence-corrected chi connectivity index (χ4v) is 2.38. The highest BCUT2D eigenvalue weighted by Gasteiger charge is 2.55. The highest BCUT2D eigenvalue weighted by atomic mass is 35.5. The summed E-state index contributed by atoms with van der Waals surface area (Å²) >= 11 is 6.00. The number of ether oxygens (including phenoxy) is 2. The van der Waals surface area contributed by atoms with Crippen LogP contribution in [0.4, 0.5) is 0 Å². The van der Waals surface area contributed by atoms with Gasteiger partial charge in [0.05, 0.1) is 0 Å². The van der Waals surface area contributed by atoms with Crippen LogP contribution in [-0.4, -0.2) is 28.7 Å². The molecule has 4 heteroatoms. The van der Waals surface area contributed by atoms with E-state index in [0.717, 1.165) is 0 Å². The van der Waals surface area contributed by atoms with E-state index in [1.165, 1.54) is 0 Å². The Labute approximate surface area is 88.6 Å². The maximum absolute atomic E-state index is 10.2. The van der Waals surface area contributed by atoms with E-state index in [2.05, 4.69) is 0 Å². The summed E-state index contributed by atoms with van der Waals surface area (Å²) in [4.78, 5) is 0. The minimum Gasteiger partial charge on any atom is -0.383 e. The first-order valence-electron chi connectivity index (χ1n) is 4.84. The predicted octanol–water partition coefficient (Wildman–Crippen LogP) is 1.78. The molecule has 0 aromatic rings. The van der Waals surface area contributed by atoms with Crippen molar-refractivity contribution in [1.82, 2.24) is 0 Å². The third-order valence-electron chi connectivity index (χ3n) is 2.82.